The molecule has 3 N–H and O–H groups in total. The maximum Gasteiger partial charge on any atom is 0.312 e. The first-order chi connectivity index (χ1) is 15.9. The Morgan fingerprint density at radius 3 is 2.64 bits per heavy atom. The number of likely N-dealkylation sites (tertiary alicyclic amines) is 1. The second kappa shape index (κ2) is 10.2. The minimum absolute atomic E-state index is 0.0851. The van der Waals surface area contributed by atoms with E-state index < -0.39 is 17.6 Å². The van der Waals surface area contributed by atoms with Crippen LogP contribution in [0.4, 0.5) is 0 Å². The van der Waals surface area contributed by atoms with E-state index in [9.17, 15) is 19.8 Å². The molecule has 0 saturated carbocycles. The molecule has 2 aromatic rings. The van der Waals surface area contributed by atoms with Crippen LogP contribution >= 0.6 is 0 Å². The molecule has 1 spiro atoms. The van der Waals surface area contributed by atoms with Crippen molar-refractivity contribution in [2.24, 2.45) is 5.41 Å². The third-order valence-corrected chi connectivity index (χ3v) is 7.35. The van der Waals surface area contributed by atoms with Crippen molar-refractivity contribution in [1.82, 2.24) is 14.8 Å². The number of rotatable bonds is 1. The van der Waals surface area contributed by atoms with E-state index in [0.29, 0.717) is 25.1 Å². The number of carbonyl (C=O) groups is 2. The lowest BCUT2D eigenvalue weighted by molar-refractivity contribution is -0.164. The monoisotopic (exact) mass is 457 g/mol. The minimum atomic E-state index is -1.18. The van der Waals surface area contributed by atoms with E-state index in [0.717, 1.165) is 49.7 Å². The number of hydrogen-bond acceptors (Lipinski definition) is 6. The van der Waals surface area contributed by atoms with Crippen molar-refractivity contribution in [3.63, 3.8) is 0 Å². The number of hydrogen-bond donors (Lipinski definition) is 3. The molecule has 2 fully saturated rings. The standard InChI is InChI=1S/C25H35N3O5/c1-27-15-10-25(11-16-27)9-2-3-13-28(14-8-21(29)22(30)17-33-24(25)32)23(31)19-5-4-6-20-18(19)7-12-26-20/h4-7,12,21-22,26,29-30H,2-3,8-11,13-17H2,1H3/t21-,22+/m0/s1. The van der Waals surface area contributed by atoms with Crippen molar-refractivity contribution in [2.75, 3.05) is 39.8 Å². The number of aromatic nitrogens is 1. The predicted molar refractivity (Wildman–Crippen MR) is 125 cm³/mol. The molecule has 3 heterocycles. The van der Waals surface area contributed by atoms with Gasteiger partial charge in [0.2, 0.25) is 0 Å². The Bertz CT molecular complexity index is 966. The molecule has 180 valence electrons. The van der Waals surface area contributed by atoms with Crippen LogP contribution < -0.4 is 0 Å². The summed E-state index contributed by atoms with van der Waals surface area (Å²) in [6.45, 7) is 2.28. The summed E-state index contributed by atoms with van der Waals surface area (Å²) in [4.78, 5) is 33.6. The number of aliphatic hydroxyl groups is 2. The summed E-state index contributed by atoms with van der Waals surface area (Å²) < 4.78 is 5.50. The summed E-state index contributed by atoms with van der Waals surface area (Å²) in [5, 5.41) is 21.7. The molecule has 1 aromatic heterocycles. The van der Waals surface area contributed by atoms with Crippen LogP contribution in [0.5, 0.6) is 0 Å². The first-order valence-electron chi connectivity index (χ1n) is 12.0. The van der Waals surface area contributed by atoms with E-state index in [-0.39, 0.29) is 24.9 Å². The van der Waals surface area contributed by atoms with Crippen LogP contribution in [-0.2, 0) is 9.53 Å². The topological polar surface area (TPSA) is 106 Å². The Morgan fingerprint density at radius 2 is 1.85 bits per heavy atom. The van der Waals surface area contributed by atoms with Gasteiger partial charge in [-0.25, -0.2) is 0 Å². The number of fused-ring (bicyclic) bond motifs is 1. The van der Waals surface area contributed by atoms with Gasteiger partial charge < -0.3 is 29.7 Å². The minimum Gasteiger partial charge on any atom is -0.462 e. The maximum atomic E-state index is 13.5. The number of ether oxygens (including phenoxy) is 1. The Hall–Kier alpha value is -2.42. The van der Waals surface area contributed by atoms with Crippen LogP contribution in [-0.4, -0.2) is 88.9 Å². The largest absolute Gasteiger partial charge is 0.462 e. The number of nitrogens with zero attached hydrogens (tertiary/aromatic N) is 2. The predicted octanol–water partition coefficient (Wildman–Crippen LogP) is 2.16. The van der Waals surface area contributed by atoms with Crippen molar-refractivity contribution in [1.29, 1.82) is 0 Å². The normalized spacial score (nSPS) is 25.8. The summed E-state index contributed by atoms with van der Waals surface area (Å²) in [7, 11) is 2.05. The molecule has 0 unspecified atom stereocenters. The SMILES string of the molecule is CN1CCC2(CCCCN(C(=O)c3cccc4[nH]ccc34)CC[C@H](O)[C@H](O)COC2=O)CC1. The van der Waals surface area contributed by atoms with Crippen LogP contribution in [0.2, 0.25) is 0 Å². The van der Waals surface area contributed by atoms with Crippen molar-refractivity contribution in [3.8, 4) is 0 Å². The van der Waals surface area contributed by atoms with Crippen LogP contribution in [0.3, 0.4) is 0 Å². The number of nitrogens with one attached hydrogen (secondary N) is 1. The number of esters is 1. The van der Waals surface area contributed by atoms with Gasteiger partial charge in [-0.1, -0.05) is 12.5 Å². The van der Waals surface area contributed by atoms with Crippen molar-refractivity contribution in [3.05, 3.63) is 36.0 Å². The molecule has 4 rings (SSSR count). The van der Waals surface area contributed by atoms with Gasteiger partial charge in [0.15, 0.2) is 0 Å². The fourth-order valence-corrected chi connectivity index (χ4v) is 5.03. The van der Waals surface area contributed by atoms with Crippen LogP contribution in [0, 0.1) is 5.41 Å². The van der Waals surface area contributed by atoms with Crippen molar-refractivity contribution >= 4 is 22.8 Å². The highest BCUT2D eigenvalue weighted by atomic mass is 16.5. The number of carbonyl (C=O) groups excluding carboxylic acids is 2. The van der Waals surface area contributed by atoms with Gasteiger partial charge in [-0.3, -0.25) is 9.59 Å². The zero-order chi connectivity index (χ0) is 23.4. The molecule has 33 heavy (non-hydrogen) atoms. The molecule has 2 aliphatic rings. The first-order valence-corrected chi connectivity index (χ1v) is 12.0. The highest BCUT2D eigenvalue weighted by molar-refractivity contribution is 6.06. The Balaban J connectivity index is 1.53. The van der Waals surface area contributed by atoms with Gasteiger partial charge in [-0.2, -0.15) is 0 Å². The molecule has 2 aliphatic heterocycles. The molecular weight excluding hydrogens is 422 g/mol. The fourth-order valence-electron chi connectivity index (χ4n) is 5.03. The number of cyclic esters (lactones) is 1. The van der Waals surface area contributed by atoms with Crippen LogP contribution in [0.1, 0.15) is 48.9 Å². The van der Waals surface area contributed by atoms with E-state index >= 15 is 0 Å². The molecule has 0 radical (unpaired) electrons. The summed E-state index contributed by atoms with van der Waals surface area (Å²) in [5.41, 5.74) is 0.969. The number of amides is 1. The van der Waals surface area contributed by atoms with Gasteiger partial charge in [0.1, 0.15) is 12.7 Å². The van der Waals surface area contributed by atoms with Crippen molar-refractivity contribution < 1.29 is 24.5 Å². The van der Waals surface area contributed by atoms with Crippen molar-refractivity contribution in [2.45, 2.75) is 50.7 Å². The average Bonchev–Trinajstić information content (AvgIpc) is 3.31. The number of H-pyrrole nitrogens is 1. The Kier molecular flexibility index (Phi) is 7.36. The Morgan fingerprint density at radius 1 is 1.06 bits per heavy atom. The lowest BCUT2D eigenvalue weighted by Gasteiger charge is -2.39. The average molecular weight is 458 g/mol. The second-order valence-corrected chi connectivity index (χ2v) is 9.60. The molecule has 0 aliphatic carbocycles. The molecule has 0 bridgehead atoms. The molecule has 2 atom stereocenters. The summed E-state index contributed by atoms with van der Waals surface area (Å²) in [6.07, 6.45) is 3.49. The number of piperidine rings is 1. The second-order valence-electron chi connectivity index (χ2n) is 9.60. The van der Waals surface area contributed by atoms with E-state index in [4.69, 9.17) is 4.74 Å². The smallest absolute Gasteiger partial charge is 0.312 e. The van der Waals surface area contributed by atoms with E-state index in [2.05, 4.69) is 9.88 Å². The number of benzene rings is 1. The first kappa shape index (κ1) is 23.7. The molecule has 2 saturated heterocycles. The summed E-state index contributed by atoms with van der Waals surface area (Å²) in [5.74, 6) is -0.355. The van der Waals surface area contributed by atoms with Crippen LogP contribution in [0.15, 0.2) is 30.5 Å². The third kappa shape index (κ3) is 5.23. The zero-order valence-electron chi connectivity index (χ0n) is 19.3. The van der Waals surface area contributed by atoms with Crippen LogP contribution in [0.25, 0.3) is 10.9 Å². The third-order valence-electron chi connectivity index (χ3n) is 7.35. The molecule has 8 heteroatoms. The molecule has 1 amide bonds. The van der Waals surface area contributed by atoms with E-state index in [1.807, 2.05) is 37.5 Å². The number of aromatic amines is 1. The quantitative estimate of drug-likeness (QED) is 0.567. The van der Waals surface area contributed by atoms with E-state index in [1.165, 1.54) is 0 Å². The van der Waals surface area contributed by atoms with Gasteiger partial charge in [-0.15, -0.1) is 0 Å². The van der Waals surface area contributed by atoms with Gasteiger partial charge in [0.05, 0.1) is 11.5 Å². The fraction of sp³-hybridized carbons (Fsp3) is 0.600. The highest BCUT2D eigenvalue weighted by Gasteiger charge is 2.42. The molecular formula is C25H35N3O5. The van der Waals surface area contributed by atoms with Gasteiger partial charge >= 0.3 is 5.97 Å². The highest BCUT2D eigenvalue weighted by Crippen LogP contribution is 2.38. The summed E-state index contributed by atoms with van der Waals surface area (Å²) >= 11 is 0. The zero-order valence-corrected chi connectivity index (χ0v) is 19.3. The molecule has 1 aromatic carbocycles. The van der Waals surface area contributed by atoms with Gasteiger partial charge in [0.25, 0.3) is 5.91 Å². The maximum absolute atomic E-state index is 13.5. The molecule has 8 nitrogen and oxygen atoms in total. The lowest BCUT2D eigenvalue weighted by atomic mass is 9.74. The van der Waals surface area contributed by atoms with Gasteiger partial charge in [-0.05, 0) is 70.4 Å². The number of aliphatic hydroxyl groups excluding tert-OH is 2. The van der Waals surface area contributed by atoms with Gasteiger partial charge in [0, 0.05) is 35.8 Å². The lowest BCUT2D eigenvalue weighted by Crippen LogP contribution is -2.45. The summed E-state index contributed by atoms with van der Waals surface area (Å²) in [6, 6.07) is 7.52. The Labute approximate surface area is 194 Å². The van der Waals surface area contributed by atoms with E-state index in [1.54, 1.807) is 4.90 Å².